The van der Waals surface area contributed by atoms with E-state index in [9.17, 15) is 19.8 Å². The highest BCUT2D eigenvalue weighted by Crippen LogP contribution is 2.37. The summed E-state index contributed by atoms with van der Waals surface area (Å²) in [5.41, 5.74) is 0.899. The van der Waals surface area contributed by atoms with Gasteiger partial charge in [-0.2, -0.15) is 0 Å². The average molecular weight is 445 g/mol. The van der Waals surface area contributed by atoms with E-state index in [4.69, 9.17) is 9.15 Å². The second kappa shape index (κ2) is 9.65. The lowest BCUT2D eigenvalue weighted by Gasteiger charge is -2.19. The minimum absolute atomic E-state index is 0.0107. The quantitative estimate of drug-likeness (QED) is 0.488. The van der Waals surface area contributed by atoms with E-state index in [1.54, 1.807) is 19.1 Å². The molecule has 0 saturated heterocycles. The van der Waals surface area contributed by atoms with E-state index in [0.29, 0.717) is 24.3 Å². The third-order valence-electron chi connectivity index (χ3n) is 4.71. The summed E-state index contributed by atoms with van der Waals surface area (Å²) in [5.74, 6) is -1.15. The predicted molar refractivity (Wildman–Crippen MR) is 116 cm³/mol. The summed E-state index contributed by atoms with van der Waals surface area (Å²) in [5, 5.41) is 26.0. The molecule has 1 amide bonds. The molecule has 3 rings (SSSR count). The number of rotatable bonds is 8. The van der Waals surface area contributed by atoms with Crippen molar-refractivity contribution in [2.45, 2.75) is 32.6 Å². The fourth-order valence-electron chi connectivity index (χ4n) is 3.22. The molecule has 8 nitrogen and oxygen atoms in total. The van der Waals surface area contributed by atoms with Crippen molar-refractivity contribution >= 4 is 17.2 Å². The van der Waals surface area contributed by atoms with Crippen molar-refractivity contribution in [1.82, 2.24) is 10.3 Å². The highest BCUT2D eigenvalue weighted by molar-refractivity contribution is 7.09. The number of benzene rings is 1. The highest BCUT2D eigenvalue weighted by Gasteiger charge is 2.26. The van der Waals surface area contributed by atoms with E-state index in [-0.39, 0.29) is 29.6 Å². The first-order chi connectivity index (χ1) is 14.8. The van der Waals surface area contributed by atoms with E-state index < -0.39 is 17.1 Å². The van der Waals surface area contributed by atoms with Crippen LogP contribution in [0.5, 0.6) is 17.2 Å². The van der Waals surface area contributed by atoms with Crippen LogP contribution in [0, 0.1) is 13.8 Å². The SMILES string of the molecule is COc1cc([C@@H](CC(=O)NCCc2nc(C)cs2)c2oc(C)cc(=O)c2O)ccc1O. The van der Waals surface area contributed by atoms with Crippen LogP contribution in [0.3, 0.4) is 0 Å². The van der Waals surface area contributed by atoms with Crippen LogP contribution in [-0.4, -0.2) is 34.8 Å². The van der Waals surface area contributed by atoms with E-state index in [1.165, 1.54) is 30.6 Å². The number of methoxy groups -OCH3 is 1. The van der Waals surface area contributed by atoms with Crippen molar-refractivity contribution < 1.29 is 24.2 Å². The van der Waals surface area contributed by atoms with Gasteiger partial charge in [0, 0.05) is 36.5 Å². The molecule has 3 N–H and O–H groups in total. The number of carbonyl (C=O) groups is 1. The Balaban J connectivity index is 1.85. The molecule has 1 aromatic carbocycles. The molecule has 0 fully saturated rings. The molecule has 0 saturated carbocycles. The lowest BCUT2D eigenvalue weighted by molar-refractivity contribution is -0.121. The van der Waals surface area contributed by atoms with Gasteiger partial charge in [-0.25, -0.2) is 4.98 Å². The van der Waals surface area contributed by atoms with Crippen LogP contribution < -0.4 is 15.5 Å². The van der Waals surface area contributed by atoms with E-state index in [0.717, 1.165) is 10.7 Å². The molecule has 164 valence electrons. The van der Waals surface area contributed by atoms with Crippen molar-refractivity contribution in [2.75, 3.05) is 13.7 Å². The zero-order valence-electron chi connectivity index (χ0n) is 17.5. The normalized spacial score (nSPS) is 11.8. The zero-order chi connectivity index (χ0) is 22.5. The molecule has 31 heavy (non-hydrogen) atoms. The van der Waals surface area contributed by atoms with E-state index in [2.05, 4.69) is 10.3 Å². The van der Waals surface area contributed by atoms with Gasteiger partial charge in [-0.05, 0) is 31.5 Å². The van der Waals surface area contributed by atoms with Crippen molar-refractivity contribution in [3.8, 4) is 17.2 Å². The number of hydrogen-bond donors (Lipinski definition) is 3. The summed E-state index contributed by atoms with van der Waals surface area (Å²) < 4.78 is 10.8. The number of phenolic OH excluding ortho intramolecular Hbond substituents is 1. The monoisotopic (exact) mass is 444 g/mol. The molecule has 0 spiro atoms. The number of amides is 1. The zero-order valence-corrected chi connectivity index (χ0v) is 18.3. The maximum Gasteiger partial charge on any atom is 0.227 e. The van der Waals surface area contributed by atoms with Crippen molar-refractivity contribution in [3.63, 3.8) is 0 Å². The molecule has 2 aromatic heterocycles. The first kappa shape index (κ1) is 22.4. The van der Waals surface area contributed by atoms with Crippen LogP contribution in [-0.2, 0) is 11.2 Å². The number of carbonyl (C=O) groups excluding carboxylic acids is 1. The van der Waals surface area contributed by atoms with Gasteiger partial charge in [0.05, 0.1) is 18.0 Å². The first-order valence-corrected chi connectivity index (χ1v) is 10.5. The standard InChI is InChI=1S/C22H24N2O6S/c1-12-11-31-20(24-12)6-7-23-19(27)10-15(14-4-5-16(25)18(9-14)29-3)22-21(28)17(26)8-13(2)30-22/h4-5,8-9,11,15,25,28H,6-7,10H2,1-3H3,(H,23,27)/t15-/m1/s1. The van der Waals surface area contributed by atoms with Gasteiger partial charge in [0.15, 0.2) is 17.3 Å². The molecule has 2 heterocycles. The van der Waals surface area contributed by atoms with Crippen molar-refractivity contribution in [2.24, 2.45) is 0 Å². The van der Waals surface area contributed by atoms with Gasteiger partial charge in [-0.3, -0.25) is 9.59 Å². The van der Waals surface area contributed by atoms with Gasteiger partial charge in [-0.15, -0.1) is 11.3 Å². The Morgan fingerprint density at radius 2 is 2.06 bits per heavy atom. The van der Waals surface area contributed by atoms with Crippen LogP contribution in [0.1, 0.15) is 40.1 Å². The minimum atomic E-state index is -0.760. The first-order valence-electron chi connectivity index (χ1n) is 9.66. The second-order valence-corrected chi connectivity index (χ2v) is 8.05. The Morgan fingerprint density at radius 1 is 1.29 bits per heavy atom. The third-order valence-corrected chi connectivity index (χ3v) is 5.74. The Labute approximate surface area is 183 Å². The molecule has 0 aliphatic carbocycles. The topological polar surface area (TPSA) is 122 Å². The molecular weight excluding hydrogens is 420 g/mol. The van der Waals surface area contributed by atoms with Gasteiger partial charge in [0.2, 0.25) is 17.1 Å². The number of phenols is 1. The second-order valence-electron chi connectivity index (χ2n) is 7.10. The number of nitrogens with one attached hydrogen (secondary N) is 1. The lowest BCUT2D eigenvalue weighted by atomic mass is 9.91. The molecule has 0 aliphatic rings. The van der Waals surface area contributed by atoms with Gasteiger partial charge in [0.1, 0.15) is 5.76 Å². The molecule has 0 unspecified atom stereocenters. The highest BCUT2D eigenvalue weighted by atomic mass is 32.1. The lowest BCUT2D eigenvalue weighted by Crippen LogP contribution is -2.27. The maximum atomic E-state index is 12.7. The predicted octanol–water partition coefficient (Wildman–Crippen LogP) is 3.01. The van der Waals surface area contributed by atoms with Crippen molar-refractivity contribution in [1.29, 1.82) is 0 Å². The molecule has 3 aromatic rings. The Morgan fingerprint density at radius 3 is 2.74 bits per heavy atom. The summed E-state index contributed by atoms with van der Waals surface area (Å²) in [6.07, 6.45) is 0.525. The number of thiazole rings is 1. The summed E-state index contributed by atoms with van der Waals surface area (Å²) in [4.78, 5) is 29.2. The molecule has 0 bridgehead atoms. The summed E-state index contributed by atoms with van der Waals surface area (Å²) in [6, 6.07) is 5.75. The smallest absolute Gasteiger partial charge is 0.227 e. The summed E-state index contributed by atoms with van der Waals surface area (Å²) >= 11 is 1.54. The molecular formula is C22H24N2O6S. The Hall–Kier alpha value is -3.33. The van der Waals surface area contributed by atoms with Gasteiger partial charge in [-0.1, -0.05) is 6.07 Å². The number of aryl methyl sites for hydroxylation is 2. The Bertz CT molecular complexity index is 1140. The van der Waals surface area contributed by atoms with Crippen LogP contribution in [0.25, 0.3) is 0 Å². The van der Waals surface area contributed by atoms with Gasteiger partial charge >= 0.3 is 0 Å². The molecule has 0 aliphatic heterocycles. The Kier molecular flexibility index (Phi) is 6.96. The number of ether oxygens (including phenoxy) is 1. The fraction of sp³-hybridized carbons (Fsp3) is 0.318. The average Bonchev–Trinajstić information content (AvgIpc) is 3.14. The van der Waals surface area contributed by atoms with Crippen LogP contribution in [0.2, 0.25) is 0 Å². The van der Waals surface area contributed by atoms with Gasteiger partial charge < -0.3 is 24.7 Å². The summed E-state index contributed by atoms with van der Waals surface area (Å²) in [6.45, 7) is 3.91. The number of nitrogens with zero attached hydrogens (tertiary/aromatic N) is 1. The van der Waals surface area contributed by atoms with E-state index in [1.807, 2.05) is 12.3 Å². The third kappa shape index (κ3) is 5.43. The van der Waals surface area contributed by atoms with E-state index >= 15 is 0 Å². The number of hydrogen-bond acceptors (Lipinski definition) is 8. The number of aromatic nitrogens is 1. The van der Waals surface area contributed by atoms with Gasteiger partial charge in [0.25, 0.3) is 0 Å². The summed E-state index contributed by atoms with van der Waals surface area (Å²) in [7, 11) is 1.41. The fourth-order valence-corrected chi connectivity index (χ4v) is 3.99. The molecule has 1 atom stereocenters. The van der Waals surface area contributed by atoms with Crippen molar-refractivity contribution in [3.05, 3.63) is 67.7 Å². The molecule has 9 heteroatoms. The van der Waals surface area contributed by atoms with Crippen LogP contribution in [0.4, 0.5) is 0 Å². The molecule has 0 radical (unpaired) electrons. The maximum absolute atomic E-state index is 12.7. The van der Waals surface area contributed by atoms with Crippen LogP contribution >= 0.6 is 11.3 Å². The minimum Gasteiger partial charge on any atom is -0.504 e. The largest absolute Gasteiger partial charge is 0.504 e. The van der Waals surface area contributed by atoms with Crippen LogP contribution in [0.15, 0.2) is 38.9 Å². The number of aromatic hydroxyl groups is 2.